The summed E-state index contributed by atoms with van der Waals surface area (Å²) in [4.78, 5) is 0. The van der Waals surface area contributed by atoms with Gasteiger partial charge in [0.2, 0.25) is 0 Å². The molecule has 0 aromatic carbocycles. The van der Waals surface area contributed by atoms with E-state index in [4.69, 9.17) is 14.9 Å². The topological polar surface area (TPSA) is 48.4 Å². The molecule has 2 unspecified atom stereocenters. The van der Waals surface area contributed by atoms with Crippen molar-refractivity contribution in [2.24, 2.45) is 11.7 Å². The normalized spacial score (nSPS) is 25.8. The first kappa shape index (κ1) is 8.78. The molecule has 0 aliphatic carbocycles. The van der Waals surface area contributed by atoms with Crippen LogP contribution in [-0.4, -0.2) is 13.2 Å². The predicted octanol–water partition coefficient (Wildman–Crippen LogP) is 1.71. The molecule has 0 amide bonds. The van der Waals surface area contributed by atoms with Gasteiger partial charge in [-0.15, -0.1) is 0 Å². The minimum absolute atomic E-state index is 0.0686. The summed E-state index contributed by atoms with van der Waals surface area (Å²) in [5, 5.41) is 0. The molecule has 1 aliphatic heterocycles. The first-order valence-corrected chi connectivity index (χ1v) is 4.73. The van der Waals surface area contributed by atoms with Crippen LogP contribution >= 0.6 is 0 Å². The number of rotatable bonds is 2. The Bertz CT molecular complexity index is 239. The fourth-order valence-electron chi connectivity index (χ4n) is 1.79. The Morgan fingerprint density at radius 3 is 3.08 bits per heavy atom. The molecule has 0 saturated carbocycles. The zero-order valence-corrected chi connectivity index (χ0v) is 7.61. The minimum Gasteiger partial charge on any atom is -0.472 e. The fourth-order valence-corrected chi connectivity index (χ4v) is 1.79. The third-order valence-corrected chi connectivity index (χ3v) is 2.63. The van der Waals surface area contributed by atoms with Crippen molar-refractivity contribution in [3.05, 3.63) is 24.2 Å². The molecule has 1 fully saturated rings. The van der Waals surface area contributed by atoms with Crippen LogP contribution in [0.5, 0.6) is 0 Å². The molecule has 2 rings (SSSR count). The van der Waals surface area contributed by atoms with E-state index in [9.17, 15) is 0 Å². The Morgan fingerprint density at radius 2 is 2.46 bits per heavy atom. The molecule has 0 radical (unpaired) electrons. The zero-order valence-electron chi connectivity index (χ0n) is 7.61. The summed E-state index contributed by atoms with van der Waals surface area (Å²) in [5.74, 6) is 0.450. The van der Waals surface area contributed by atoms with E-state index < -0.39 is 0 Å². The molecule has 0 spiro atoms. The summed E-state index contributed by atoms with van der Waals surface area (Å²) in [5.41, 5.74) is 7.15. The smallest absolute Gasteiger partial charge is 0.0950 e. The van der Waals surface area contributed by atoms with E-state index in [1.165, 1.54) is 0 Å². The van der Waals surface area contributed by atoms with Crippen LogP contribution in [-0.2, 0) is 4.74 Å². The lowest BCUT2D eigenvalue weighted by molar-refractivity contribution is 0.0447. The number of ether oxygens (including phenoxy) is 1. The highest BCUT2D eigenvalue weighted by Crippen LogP contribution is 2.26. The lowest BCUT2D eigenvalue weighted by atomic mass is 9.91. The Labute approximate surface area is 77.9 Å². The monoisotopic (exact) mass is 181 g/mol. The second-order valence-corrected chi connectivity index (χ2v) is 3.56. The van der Waals surface area contributed by atoms with Crippen molar-refractivity contribution in [3.63, 3.8) is 0 Å². The summed E-state index contributed by atoms with van der Waals surface area (Å²) in [6.07, 6.45) is 5.67. The van der Waals surface area contributed by atoms with Gasteiger partial charge in [0.1, 0.15) is 0 Å². The molecule has 0 bridgehead atoms. The van der Waals surface area contributed by atoms with E-state index in [1.807, 2.05) is 6.07 Å². The lowest BCUT2D eigenvalue weighted by Crippen LogP contribution is -2.28. The van der Waals surface area contributed by atoms with Gasteiger partial charge in [0.05, 0.1) is 19.1 Å². The van der Waals surface area contributed by atoms with Gasteiger partial charge in [-0.3, -0.25) is 0 Å². The SMILES string of the molecule is NC(c1ccoc1)C1CCCOC1. The molecule has 1 aromatic heterocycles. The number of furan rings is 1. The Morgan fingerprint density at radius 1 is 1.54 bits per heavy atom. The summed E-state index contributed by atoms with van der Waals surface area (Å²) >= 11 is 0. The molecule has 2 heterocycles. The summed E-state index contributed by atoms with van der Waals surface area (Å²) < 4.78 is 10.4. The fraction of sp³-hybridized carbons (Fsp3) is 0.600. The highest BCUT2D eigenvalue weighted by atomic mass is 16.5. The second-order valence-electron chi connectivity index (χ2n) is 3.56. The average Bonchev–Trinajstić information content (AvgIpc) is 2.71. The van der Waals surface area contributed by atoms with E-state index in [0.29, 0.717) is 5.92 Å². The van der Waals surface area contributed by atoms with Gasteiger partial charge >= 0.3 is 0 Å². The number of hydrogen-bond acceptors (Lipinski definition) is 3. The van der Waals surface area contributed by atoms with Crippen LogP contribution in [0.25, 0.3) is 0 Å². The van der Waals surface area contributed by atoms with Gasteiger partial charge in [-0.1, -0.05) is 0 Å². The molecule has 1 saturated heterocycles. The van der Waals surface area contributed by atoms with E-state index in [0.717, 1.165) is 31.6 Å². The van der Waals surface area contributed by atoms with Crippen molar-refractivity contribution >= 4 is 0 Å². The van der Waals surface area contributed by atoms with Crippen LogP contribution < -0.4 is 5.73 Å². The molecule has 72 valence electrons. The first-order chi connectivity index (χ1) is 6.38. The van der Waals surface area contributed by atoms with Crippen molar-refractivity contribution in [2.75, 3.05) is 13.2 Å². The zero-order chi connectivity index (χ0) is 9.10. The lowest BCUT2D eigenvalue weighted by Gasteiger charge is -2.26. The first-order valence-electron chi connectivity index (χ1n) is 4.73. The Kier molecular flexibility index (Phi) is 2.66. The molecule has 3 nitrogen and oxygen atoms in total. The molecule has 1 aliphatic rings. The van der Waals surface area contributed by atoms with Gasteiger partial charge in [-0.25, -0.2) is 0 Å². The van der Waals surface area contributed by atoms with Crippen LogP contribution in [0.2, 0.25) is 0 Å². The third kappa shape index (κ3) is 1.92. The molecule has 13 heavy (non-hydrogen) atoms. The van der Waals surface area contributed by atoms with Gasteiger partial charge in [0.15, 0.2) is 0 Å². The number of nitrogens with two attached hydrogens (primary N) is 1. The standard InChI is InChI=1S/C10H15NO2/c11-10(9-3-5-13-7-9)8-2-1-4-12-6-8/h3,5,7-8,10H,1-2,4,6,11H2. The van der Waals surface area contributed by atoms with Crippen molar-refractivity contribution < 1.29 is 9.15 Å². The predicted molar refractivity (Wildman–Crippen MR) is 49.2 cm³/mol. The maximum Gasteiger partial charge on any atom is 0.0950 e. The van der Waals surface area contributed by atoms with Gasteiger partial charge in [0, 0.05) is 24.1 Å². The van der Waals surface area contributed by atoms with Crippen molar-refractivity contribution in [1.82, 2.24) is 0 Å². The summed E-state index contributed by atoms with van der Waals surface area (Å²) in [7, 11) is 0. The van der Waals surface area contributed by atoms with Crippen LogP contribution in [0.4, 0.5) is 0 Å². The molecule has 1 aromatic rings. The average molecular weight is 181 g/mol. The van der Waals surface area contributed by atoms with E-state index in [2.05, 4.69) is 0 Å². The van der Waals surface area contributed by atoms with Crippen molar-refractivity contribution in [3.8, 4) is 0 Å². The molecular weight excluding hydrogens is 166 g/mol. The number of hydrogen-bond donors (Lipinski definition) is 1. The molecular formula is C10H15NO2. The Hall–Kier alpha value is -0.800. The van der Waals surface area contributed by atoms with E-state index >= 15 is 0 Å². The van der Waals surface area contributed by atoms with Gasteiger partial charge in [-0.2, -0.15) is 0 Å². The highest BCUT2D eigenvalue weighted by Gasteiger charge is 2.22. The summed E-state index contributed by atoms with van der Waals surface area (Å²) in [6.45, 7) is 1.67. The largest absolute Gasteiger partial charge is 0.472 e. The van der Waals surface area contributed by atoms with Gasteiger partial charge in [0.25, 0.3) is 0 Å². The van der Waals surface area contributed by atoms with Crippen LogP contribution in [0.15, 0.2) is 23.0 Å². The van der Waals surface area contributed by atoms with Crippen LogP contribution in [0, 0.1) is 5.92 Å². The van der Waals surface area contributed by atoms with Crippen LogP contribution in [0.3, 0.4) is 0 Å². The quantitative estimate of drug-likeness (QED) is 0.755. The highest BCUT2D eigenvalue weighted by molar-refractivity contribution is 5.12. The second kappa shape index (κ2) is 3.94. The maximum absolute atomic E-state index is 6.07. The summed E-state index contributed by atoms with van der Waals surface area (Å²) in [6, 6.07) is 2.00. The molecule has 2 atom stereocenters. The molecule has 3 heteroatoms. The van der Waals surface area contributed by atoms with E-state index in [-0.39, 0.29) is 6.04 Å². The van der Waals surface area contributed by atoms with Crippen molar-refractivity contribution in [2.45, 2.75) is 18.9 Å². The van der Waals surface area contributed by atoms with Gasteiger partial charge < -0.3 is 14.9 Å². The van der Waals surface area contributed by atoms with Crippen LogP contribution in [0.1, 0.15) is 24.4 Å². The Balaban J connectivity index is 1.99. The van der Waals surface area contributed by atoms with Gasteiger partial charge in [-0.05, 0) is 18.9 Å². The molecule has 2 N–H and O–H groups in total. The minimum atomic E-state index is 0.0686. The maximum atomic E-state index is 6.07. The third-order valence-electron chi connectivity index (χ3n) is 2.63. The van der Waals surface area contributed by atoms with E-state index in [1.54, 1.807) is 12.5 Å². The van der Waals surface area contributed by atoms with Crippen molar-refractivity contribution in [1.29, 1.82) is 0 Å².